The molecular weight excluding hydrogens is 319 g/mol. The molecule has 0 bridgehead atoms. The first kappa shape index (κ1) is 16.3. The van der Waals surface area contributed by atoms with Crippen LogP contribution < -0.4 is 0 Å². The fourth-order valence-electron chi connectivity index (χ4n) is 2.37. The van der Waals surface area contributed by atoms with E-state index < -0.39 is 17.8 Å². The van der Waals surface area contributed by atoms with E-state index in [1.165, 1.54) is 18.2 Å². The molecule has 24 heavy (non-hydrogen) atoms. The number of hydrogen-bond donors (Lipinski definition) is 0. The third-order valence-electron chi connectivity index (χ3n) is 3.64. The third-order valence-corrected chi connectivity index (χ3v) is 3.64. The van der Waals surface area contributed by atoms with Gasteiger partial charge in [-0.25, -0.2) is 5.06 Å². The van der Waals surface area contributed by atoms with Crippen molar-refractivity contribution in [1.82, 2.24) is 5.06 Å². The Bertz CT molecular complexity index is 739. The largest absolute Gasteiger partial charge is 0.416 e. The zero-order valence-electron chi connectivity index (χ0n) is 12.5. The Morgan fingerprint density at radius 2 is 1.67 bits per heavy atom. The molecule has 0 unspecified atom stereocenters. The summed E-state index contributed by atoms with van der Waals surface area (Å²) >= 11 is 0. The fourth-order valence-corrected chi connectivity index (χ4v) is 2.37. The molecule has 124 valence electrons. The highest BCUT2D eigenvalue weighted by molar-refractivity contribution is 5.87. The highest BCUT2D eigenvalue weighted by Gasteiger charge is 2.30. The van der Waals surface area contributed by atoms with Crippen LogP contribution in [0.25, 0.3) is 0 Å². The van der Waals surface area contributed by atoms with E-state index in [-0.39, 0.29) is 12.5 Å². The minimum Gasteiger partial charge on any atom is -0.267 e. The van der Waals surface area contributed by atoms with Gasteiger partial charge in [0.05, 0.1) is 12.1 Å². The number of halogens is 3. The first-order chi connectivity index (χ1) is 11.4. The van der Waals surface area contributed by atoms with Gasteiger partial charge in [0.15, 0.2) is 0 Å². The molecule has 1 amide bonds. The summed E-state index contributed by atoms with van der Waals surface area (Å²) in [6.07, 6.45) is -1.72. The van der Waals surface area contributed by atoms with Gasteiger partial charge in [0.1, 0.15) is 6.10 Å². The van der Waals surface area contributed by atoms with Crippen LogP contribution in [-0.2, 0) is 22.4 Å². The van der Waals surface area contributed by atoms with Gasteiger partial charge in [-0.3, -0.25) is 9.63 Å². The van der Waals surface area contributed by atoms with E-state index in [1.54, 1.807) is 6.08 Å². The van der Waals surface area contributed by atoms with E-state index in [2.05, 4.69) is 0 Å². The number of hydroxylamine groups is 2. The standard InChI is InChI=1S/C18H14F3NO2/c19-18(20,21)15-8-6-13(7-9-15)12-22-17(23)11-10-16(24-22)14-4-2-1-3-5-14/h1-11,16H,12H2/t16-/m0/s1. The number of nitrogens with zero attached hydrogens (tertiary/aromatic N) is 1. The fraction of sp³-hybridized carbons (Fsp3) is 0.167. The van der Waals surface area contributed by atoms with Crippen molar-refractivity contribution < 1.29 is 22.8 Å². The normalized spacial score (nSPS) is 18.0. The van der Waals surface area contributed by atoms with E-state index in [0.717, 1.165) is 22.8 Å². The van der Waals surface area contributed by atoms with E-state index >= 15 is 0 Å². The minimum atomic E-state index is -4.38. The lowest BCUT2D eigenvalue weighted by Gasteiger charge is -2.28. The molecule has 2 aromatic rings. The maximum absolute atomic E-state index is 12.6. The molecule has 6 heteroatoms. The molecule has 0 saturated carbocycles. The van der Waals surface area contributed by atoms with Gasteiger partial charge in [0.25, 0.3) is 5.91 Å². The number of benzene rings is 2. The van der Waals surface area contributed by atoms with Crippen LogP contribution in [0.1, 0.15) is 22.8 Å². The highest BCUT2D eigenvalue weighted by Crippen LogP contribution is 2.30. The summed E-state index contributed by atoms with van der Waals surface area (Å²) < 4.78 is 37.7. The lowest BCUT2D eigenvalue weighted by atomic mass is 10.1. The van der Waals surface area contributed by atoms with Crippen molar-refractivity contribution in [1.29, 1.82) is 0 Å². The van der Waals surface area contributed by atoms with Crippen LogP contribution in [0.2, 0.25) is 0 Å². The Morgan fingerprint density at radius 1 is 1.00 bits per heavy atom. The second-order valence-electron chi connectivity index (χ2n) is 5.37. The Labute approximate surface area is 136 Å². The summed E-state index contributed by atoms with van der Waals surface area (Å²) in [5, 5.41) is 1.15. The van der Waals surface area contributed by atoms with Gasteiger partial charge < -0.3 is 0 Å². The Kier molecular flexibility index (Phi) is 4.40. The van der Waals surface area contributed by atoms with Crippen LogP contribution in [0.3, 0.4) is 0 Å². The van der Waals surface area contributed by atoms with Gasteiger partial charge in [-0.15, -0.1) is 0 Å². The minimum absolute atomic E-state index is 0.0741. The van der Waals surface area contributed by atoms with Crippen molar-refractivity contribution in [2.24, 2.45) is 0 Å². The van der Waals surface area contributed by atoms with Gasteiger partial charge in [-0.1, -0.05) is 42.5 Å². The van der Waals surface area contributed by atoms with Crippen LogP contribution in [0, 0.1) is 0 Å². The maximum atomic E-state index is 12.6. The summed E-state index contributed by atoms with van der Waals surface area (Å²) in [4.78, 5) is 17.6. The molecule has 1 aliphatic heterocycles. The van der Waals surface area contributed by atoms with Gasteiger partial charge in [0, 0.05) is 6.08 Å². The molecule has 2 aromatic carbocycles. The Balaban J connectivity index is 1.73. The van der Waals surface area contributed by atoms with Crippen LogP contribution in [0.5, 0.6) is 0 Å². The molecule has 1 heterocycles. The molecule has 3 rings (SSSR count). The highest BCUT2D eigenvalue weighted by atomic mass is 19.4. The van der Waals surface area contributed by atoms with Gasteiger partial charge in [0.2, 0.25) is 0 Å². The summed E-state index contributed by atoms with van der Waals surface area (Å²) in [7, 11) is 0. The number of carbonyl (C=O) groups is 1. The average Bonchev–Trinajstić information content (AvgIpc) is 2.57. The van der Waals surface area contributed by atoms with Gasteiger partial charge in [-0.05, 0) is 29.3 Å². The van der Waals surface area contributed by atoms with Crippen LogP contribution >= 0.6 is 0 Å². The molecule has 0 radical (unpaired) electrons. The molecule has 0 spiro atoms. The Morgan fingerprint density at radius 3 is 2.29 bits per heavy atom. The zero-order chi connectivity index (χ0) is 17.2. The van der Waals surface area contributed by atoms with Crippen molar-refractivity contribution in [2.45, 2.75) is 18.8 Å². The quantitative estimate of drug-likeness (QED) is 0.839. The van der Waals surface area contributed by atoms with Crippen LogP contribution in [0.4, 0.5) is 13.2 Å². The second kappa shape index (κ2) is 6.49. The molecule has 1 atom stereocenters. The van der Waals surface area contributed by atoms with E-state index in [1.807, 2.05) is 30.3 Å². The van der Waals surface area contributed by atoms with Crippen molar-refractivity contribution in [3.8, 4) is 0 Å². The van der Waals surface area contributed by atoms with Gasteiger partial charge >= 0.3 is 6.18 Å². The monoisotopic (exact) mass is 333 g/mol. The number of hydrogen-bond acceptors (Lipinski definition) is 2. The van der Waals surface area contributed by atoms with Crippen LogP contribution in [0.15, 0.2) is 66.7 Å². The summed E-state index contributed by atoms with van der Waals surface area (Å²) in [5.74, 6) is -0.345. The summed E-state index contributed by atoms with van der Waals surface area (Å²) in [6, 6.07) is 14.0. The molecule has 0 aliphatic carbocycles. The van der Waals surface area contributed by atoms with Gasteiger partial charge in [-0.2, -0.15) is 13.2 Å². The van der Waals surface area contributed by atoms with Crippen molar-refractivity contribution >= 4 is 5.91 Å². The molecule has 0 N–H and O–H groups in total. The lowest BCUT2D eigenvalue weighted by molar-refractivity contribution is -0.203. The molecule has 0 fully saturated rings. The van der Waals surface area contributed by atoms with Crippen LogP contribution in [-0.4, -0.2) is 11.0 Å². The predicted molar refractivity (Wildman–Crippen MR) is 81.4 cm³/mol. The summed E-state index contributed by atoms with van der Waals surface area (Å²) in [6.45, 7) is 0.0741. The number of alkyl halides is 3. The molecule has 1 aliphatic rings. The smallest absolute Gasteiger partial charge is 0.267 e. The molecule has 3 nitrogen and oxygen atoms in total. The average molecular weight is 333 g/mol. The van der Waals surface area contributed by atoms with E-state index in [9.17, 15) is 18.0 Å². The molecular formula is C18H14F3NO2. The molecule has 0 aromatic heterocycles. The Hall–Kier alpha value is -2.60. The third kappa shape index (κ3) is 3.65. The van der Waals surface area contributed by atoms with Crippen molar-refractivity contribution in [2.75, 3.05) is 0 Å². The van der Waals surface area contributed by atoms with E-state index in [0.29, 0.717) is 5.56 Å². The first-order valence-corrected chi connectivity index (χ1v) is 7.31. The lowest BCUT2D eigenvalue weighted by Crippen LogP contribution is -2.33. The number of carbonyl (C=O) groups excluding carboxylic acids is 1. The SMILES string of the molecule is O=C1C=C[C@@H](c2ccccc2)ON1Cc1ccc(C(F)(F)F)cc1. The summed E-state index contributed by atoms with van der Waals surface area (Å²) in [5.41, 5.74) is 0.719. The van der Waals surface area contributed by atoms with Crippen molar-refractivity contribution in [3.05, 3.63) is 83.4 Å². The zero-order valence-corrected chi connectivity index (χ0v) is 12.5. The molecule has 0 saturated heterocycles. The predicted octanol–water partition coefficient (Wildman–Crippen LogP) is 4.28. The maximum Gasteiger partial charge on any atom is 0.416 e. The van der Waals surface area contributed by atoms with Crippen molar-refractivity contribution in [3.63, 3.8) is 0 Å². The second-order valence-corrected chi connectivity index (χ2v) is 5.37. The van der Waals surface area contributed by atoms with E-state index in [4.69, 9.17) is 4.84 Å². The first-order valence-electron chi connectivity index (χ1n) is 7.31. The number of rotatable bonds is 3. The number of amides is 1. The topological polar surface area (TPSA) is 29.5 Å².